The summed E-state index contributed by atoms with van der Waals surface area (Å²) < 4.78 is 5.81. The van der Waals surface area contributed by atoms with Crippen molar-refractivity contribution in [1.29, 1.82) is 0 Å². The maximum absolute atomic E-state index is 13.8. The number of aromatic amines is 1. The summed E-state index contributed by atoms with van der Waals surface area (Å²) in [6, 6.07) is 18.0. The van der Waals surface area contributed by atoms with Crippen LogP contribution in [0.25, 0.3) is 10.9 Å². The topological polar surface area (TPSA) is 48.6 Å². The van der Waals surface area contributed by atoms with Gasteiger partial charge in [0.05, 0.1) is 12.1 Å². The highest BCUT2D eigenvalue weighted by Crippen LogP contribution is 2.30. The number of hydrogen-bond donors (Lipinski definition) is 1. The van der Waals surface area contributed by atoms with Crippen molar-refractivity contribution in [3.63, 3.8) is 0 Å². The van der Waals surface area contributed by atoms with E-state index in [0.717, 1.165) is 61.4 Å². The van der Waals surface area contributed by atoms with Crippen molar-refractivity contribution in [2.45, 2.75) is 25.0 Å². The molecule has 2 fully saturated rings. The van der Waals surface area contributed by atoms with Gasteiger partial charge in [-0.25, -0.2) is 0 Å². The lowest BCUT2D eigenvalue weighted by Gasteiger charge is -2.39. The summed E-state index contributed by atoms with van der Waals surface area (Å²) in [6.45, 7) is 5.65. The molecule has 0 amide bonds. The number of aromatic nitrogens is 1. The molecule has 1 N–H and O–H groups in total. The molecule has 5 rings (SSSR count). The number of para-hydroxylation sites is 1. The Labute approximate surface area is 177 Å². The summed E-state index contributed by atoms with van der Waals surface area (Å²) in [7, 11) is 0. The van der Waals surface area contributed by atoms with E-state index in [9.17, 15) is 4.79 Å². The normalized spacial score (nSPS) is 21.8. The quantitative estimate of drug-likeness (QED) is 0.635. The number of hydrogen-bond acceptors (Lipinski definition) is 4. The van der Waals surface area contributed by atoms with Gasteiger partial charge in [-0.15, -0.1) is 0 Å². The monoisotopic (exact) mass is 403 g/mol. The standard InChI is InChI=1S/C25H29N3O2/c29-25(22-17-26-23-11-5-4-10-21(22)23)24(19-7-2-1-3-8-19)28-14-12-27(13-15-28)18-20-9-6-16-30-20/h1-5,7-8,10-11,17,20,24,26H,6,9,12-16,18H2/t20-,24-/m1/s1. The number of rotatable bonds is 6. The van der Waals surface area contributed by atoms with E-state index < -0.39 is 0 Å². The fraction of sp³-hybridized carbons (Fsp3) is 0.400. The SMILES string of the molecule is O=C(c1c[nH]c2ccccc12)[C@@H](c1ccccc1)N1CCN(C[C@H]2CCCO2)CC1. The summed E-state index contributed by atoms with van der Waals surface area (Å²) in [4.78, 5) is 21.9. The van der Waals surface area contributed by atoms with Gasteiger partial charge in [-0.3, -0.25) is 14.6 Å². The minimum Gasteiger partial charge on any atom is -0.377 e. The number of Topliss-reactive ketones (excluding diaryl/α,β-unsaturated/α-hetero) is 1. The second kappa shape index (κ2) is 8.72. The highest BCUT2D eigenvalue weighted by Gasteiger charge is 2.33. The van der Waals surface area contributed by atoms with Crippen molar-refractivity contribution in [3.05, 3.63) is 71.9 Å². The van der Waals surface area contributed by atoms with E-state index in [2.05, 4.69) is 26.9 Å². The van der Waals surface area contributed by atoms with Crippen molar-refractivity contribution in [3.8, 4) is 0 Å². The average molecular weight is 404 g/mol. The van der Waals surface area contributed by atoms with Crippen LogP contribution in [0.4, 0.5) is 0 Å². The molecule has 30 heavy (non-hydrogen) atoms. The lowest BCUT2D eigenvalue weighted by molar-refractivity contribution is 0.0378. The summed E-state index contributed by atoms with van der Waals surface area (Å²) >= 11 is 0. The Hall–Kier alpha value is -2.47. The molecule has 2 aliphatic rings. The largest absolute Gasteiger partial charge is 0.377 e. The Morgan fingerprint density at radius 1 is 1.03 bits per heavy atom. The predicted octanol–water partition coefficient (Wildman–Crippen LogP) is 3.89. The number of ether oxygens (including phenoxy) is 1. The van der Waals surface area contributed by atoms with Gasteiger partial charge in [0.15, 0.2) is 5.78 Å². The number of fused-ring (bicyclic) bond motifs is 1. The molecule has 3 heterocycles. The molecule has 156 valence electrons. The highest BCUT2D eigenvalue weighted by atomic mass is 16.5. The zero-order chi connectivity index (χ0) is 20.3. The van der Waals surface area contributed by atoms with Gasteiger partial charge in [0.2, 0.25) is 0 Å². The molecule has 5 heteroatoms. The molecule has 2 atom stereocenters. The molecule has 0 unspecified atom stereocenters. The molecule has 0 saturated carbocycles. The number of nitrogens with zero attached hydrogens (tertiary/aromatic N) is 2. The van der Waals surface area contributed by atoms with Gasteiger partial charge in [0.25, 0.3) is 0 Å². The Balaban J connectivity index is 1.37. The van der Waals surface area contributed by atoms with Gasteiger partial charge >= 0.3 is 0 Å². The van der Waals surface area contributed by atoms with Gasteiger partial charge in [-0.05, 0) is 24.5 Å². The van der Waals surface area contributed by atoms with E-state index in [-0.39, 0.29) is 11.8 Å². The third-order valence-electron chi connectivity index (χ3n) is 6.48. The number of ketones is 1. The Morgan fingerprint density at radius 2 is 1.80 bits per heavy atom. The van der Waals surface area contributed by atoms with Crippen LogP contribution in [0.5, 0.6) is 0 Å². The first-order valence-corrected chi connectivity index (χ1v) is 11.0. The van der Waals surface area contributed by atoms with E-state index in [0.29, 0.717) is 6.10 Å². The number of H-pyrrole nitrogens is 1. The van der Waals surface area contributed by atoms with Crippen LogP contribution in [-0.4, -0.2) is 66.0 Å². The van der Waals surface area contributed by atoms with Crippen molar-refractivity contribution in [1.82, 2.24) is 14.8 Å². The van der Waals surface area contributed by atoms with Crippen LogP contribution in [0.2, 0.25) is 0 Å². The number of nitrogens with one attached hydrogen (secondary N) is 1. The minimum absolute atomic E-state index is 0.172. The molecule has 0 spiro atoms. The Bertz CT molecular complexity index is 986. The van der Waals surface area contributed by atoms with Crippen LogP contribution in [-0.2, 0) is 4.74 Å². The van der Waals surface area contributed by atoms with E-state index in [1.165, 1.54) is 12.8 Å². The van der Waals surface area contributed by atoms with Crippen molar-refractivity contribution >= 4 is 16.7 Å². The predicted molar refractivity (Wildman–Crippen MR) is 119 cm³/mol. The first-order valence-electron chi connectivity index (χ1n) is 11.0. The van der Waals surface area contributed by atoms with Crippen LogP contribution in [0.1, 0.15) is 34.8 Å². The summed E-state index contributed by atoms with van der Waals surface area (Å²) in [6.07, 6.45) is 4.61. The van der Waals surface area contributed by atoms with Gasteiger partial charge in [-0.1, -0.05) is 48.5 Å². The Kier molecular flexibility index (Phi) is 5.67. The lowest BCUT2D eigenvalue weighted by atomic mass is 9.95. The van der Waals surface area contributed by atoms with Crippen LogP contribution >= 0.6 is 0 Å². The van der Waals surface area contributed by atoms with Crippen molar-refractivity contribution in [2.75, 3.05) is 39.3 Å². The molecule has 2 aromatic carbocycles. The first-order chi connectivity index (χ1) is 14.8. The zero-order valence-corrected chi connectivity index (χ0v) is 17.3. The van der Waals surface area contributed by atoms with E-state index in [1.54, 1.807) is 0 Å². The van der Waals surface area contributed by atoms with Crippen LogP contribution in [0.15, 0.2) is 60.8 Å². The maximum Gasteiger partial charge on any atom is 0.186 e. The third-order valence-corrected chi connectivity index (χ3v) is 6.48. The summed E-state index contributed by atoms with van der Waals surface area (Å²) in [5.74, 6) is 0.172. The zero-order valence-electron chi connectivity index (χ0n) is 17.3. The lowest BCUT2D eigenvalue weighted by Crippen LogP contribution is -2.50. The minimum atomic E-state index is -0.254. The summed E-state index contributed by atoms with van der Waals surface area (Å²) in [5.41, 5.74) is 2.86. The number of carbonyl (C=O) groups excluding carboxylic acids is 1. The van der Waals surface area contributed by atoms with Gasteiger partial charge < -0.3 is 9.72 Å². The van der Waals surface area contributed by atoms with Crippen LogP contribution in [0, 0.1) is 0 Å². The fourth-order valence-corrected chi connectivity index (χ4v) is 4.87. The molecule has 0 radical (unpaired) electrons. The molecule has 2 aliphatic heterocycles. The number of benzene rings is 2. The molecule has 0 bridgehead atoms. The van der Waals surface area contributed by atoms with Crippen LogP contribution < -0.4 is 0 Å². The Morgan fingerprint density at radius 3 is 2.57 bits per heavy atom. The third kappa shape index (κ3) is 3.93. The molecule has 5 nitrogen and oxygen atoms in total. The smallest absolute Gasteiger partial charge is 0.186 e. The van der Waals surface area contributed by atoms with Gasteiger partial charge in [-0.2, -0.15) is 0 Å². The first kappa shape index (κ1) is 19.5. The van der Waals surface area contributed by atoms with Crippen molar-refractivity contribution in [2.24, 2.45) is 0 Å². The molecule has 0 aliphatic carbocycles. The molecule has 2 saturated heterocycles. The summed E-state index contributed by atoms with van der Waals surface area (Å²) in [5, 5.41) is 1.00. The number of carbonyl (C=O) groups is 1. The maximum atomic E-state index is 13.8. The molecular weight excluding hydrogens is 374 g/mol. The molecular formula is C25H29N3O2. The van der Waals surface area contributed by atoms with E-state index >= 15 is 0 Å². The van der Waals surface area contributed by atoms with E-state index in [1.807, 2.05) is 48.7 Å². The fourth-order valence-electron chi connectivity index (χ4n) is 4.87. The second-order valence-electron chi connectivity index (χ2n) is 8.40. The van der Waals surface area contributed by atoms with Gasteiger partial charge in [0, 0.05) is 62.0 Å². The highest BCUT2D eigenvalue weighted by molar-refractivity contribution is 6.10. The average Bonchev–Trinajstić information content (AvgIpc) is 3.46. The molecule has 3 aromatic rings. The second-order valence-corrected chi connectivity index (χ2v) is 8.40. The number of piperazine rings is 1. The van der Waals surface area contributed by atoms with Crippen molar-refractivity contribution < 1.29 is 9.53 Å². The van der Waals surface area contributed by atoms with E-state index in [4.69, 9.17) is 4.74 Å². The van der Waals surface area contributed by atoms with Gasteiger partial charge in [0.1, 0.15) is 0 Å². The molecule has 1 aromatic heterocycles. The van der Waals surface area contributed by atoms with Crippen LogP contribution in [0.3, 0.4) is 0 Å².